The summed E-state index contributed by atoms with van der Waals surface area (Å²) in [5, 5.41) is 3.19. The van der Waals surface area contributed by atoms with Crippen LogP contribution in [0.1, 0.15) is 24.0 Å². The Balaban J connectivity index is 1.92. The predicted molar refractivity (Wildman–Crippen MR) is 81.0 cm³/mol. The van der Waals surface area contributed by atoms with E-state index >= 15 is 0 Å². The molecule has 0 saturated carbocycles. The number of aryl methyl sites for hydroxylation is 2. The zero-order valence-corrected chi connectivity index (χ0v) is 12.6. The molecule has 1 fully saturated rings. The van der Waals surface area contributed by atoms with Gasteiger partial charge >= 0.3 is 0 Å². The van der Waals surface area contributed by atoms with Crippen LogP contribution in [-0.4, -0.2) is 39.4 Å². The summed E-state index contributed by atoms with van der Waals surface area (Å²) in [6, 6.07) is 6.70. The van der Waals surface area contributed by atoms with Crippen molar-refractivity contribution in [3.05, 3.63) is 29.3 Å². The molecule has 2 atom stereocenters. The van der Waals surface area contributed by atoms with E-state index in [-0.39, 0.29) is 0 Å². The fourth-order valence-electron chi connectivity index (χ4n) is 2.87. The number of rotatable bonds is 5. The van der Waals surface area contributed by atoms with E-state index in [1.807, 2.05) is 7.05 Å². The second-order valence-corrected chi connectivity index (χ2v) is 5.74. The normalized spacial score (nSPS) is 22.7. The van der Waals surface area contributed by atoms with Crippen LogP contribution in [0.4, 0.5) is 5.69 Å². The molecule has 2 unspecified atom stereocenters. The molecule has 1 aliphatic heterocycles. The molecule has 106 valence electrons. The smallest absolute Gasteiger partial charge is 0.0755 e. The summed E-state index contributed by atoms with van der Waals surface area (Å²) in [6.07, 6.45) is 3.10. The third kappa shape index (κ3) is 3.95. The number of nitrogens with one attached hydrogen (secondary N) is 1. The first-order valence-corrected chi connectivity index (χ1v) is 7.18. The maximum atomic E-state index is 6.05. The fourth-order valence-corrected chi connectivity index (χ4v) is 2.87. The third-order valence-corrected chi connectivity index (χ3v) is 3.75. The lowest BCUT2D eigenvalue weighted by atomic mass is 10.1. The SMILES string of the molecule is CNCC1CCC(CN(C)c2cc(C)cc(C)c2)O1. The van der Waals surface area contributed by atoms with Gasteiger partial charge in [0.25, 0.3) is 0 Å². The van der Waals surface area contributed by atoms with Gasteiger partial charge in [-0.2, -0.15) is 0 Å². The third-order valence-electron chi connectivity index (χ3n) is 3.75. The first-order chi connectivity index (χ1) is 9.08. The molecule has 1 aliphatic rings. The first kappa shape index (κ1) is 14.4. The average Bonchev–Trinajstić information content (AvgIpc) is 2.76. The minimum atomic E-state index is 0.365. The molecule has 1 N–H and O–H groups in total. The van der Waals surface area contributed by atoms with Gasteiger partial charge in [0.05, 0.1) is 12.2 Å². The maximum absolute atomic E-state index is 6.05. The van der Waals surface area contributed by atoms with Crippen molar-refractivity contribution in [2.75, 3.05) is 32.1 Å². The van der Waals surface area contributed by atoms with Crippen molar-refractivity contribution >= 4 is 5.69 Å². The van der Waals surface area contributed by atoms with E-state index in [9.17, 15) is 0 Å². The van der Waals surface area contributed by atoms with Crippen molar-refractivity contribution in [3.63, 3.8) is 0 Å². The Morgan fingerprint density at radius 2 is 1.79 bits per heavy atom. The Morgan fingerprint density at radius 3 is 2.42 bits per heavy atom. The van der Waals surface area contributed by atoms with Crippen LogP contribution in [0.2, 0.25) is 0 Å². The number of hydrogen-bond acceptors (Lipinski definition) is 3. The number of likely N-dealkylation sites (N-methyl/N-ethyl adjacent to an activating group) is 2. The van der Waals surface area contributed by atoms with E-state index in [4.69, 9.17) is 4.74 Å². The van der Waals surface area contributed by atoms with E-state index in [2.05, 4.69) is 49.3 Å². The minimum absolute atomic E-state index is 0.365. The van der Waals surface area contributed by atoms with Gasteiger partial charge in [-0.05, 0) is 57.0 Å². The number of nitrogens with zero attached hydrogens (tertiary/aromatic N) is 1. The number of ether oxygens (including phenoxy) is 1. The molecule has 19 heavy (non-hydrogen) atoms. The van der Waals surface area contributed by atoms with E-state index in [0.29, 0.717) is 12.2 Å². The van der Waals surface area contributed by atoms with Crippen molar-refractivity contribution < 1.29 is 4.74 Å². The predicted octanol–water partition coefficient (Wildman–Crippen LogP) is 2.51. The molecule has 0 radical (unpaired) electrons. The Labute approximate surface area is 116 Å². The van der Waals surface area contributed by atoms with Crippen LogP contribution in [0.15, 0.2) is 18.2 Å². The standard InChI is InChI=1S/C16H26N2O/c1-12-7-13(2)9-14(8-12)18(4)11-16-6-5-15(19-16)10-17-3/h7-9,15-17H,5-6,10-11H2,1-4H3. The highest BCUT2D eigenvalue weighted by Gasteiger charge is 2.25. The van der Waals surface area contributed by atoms with Crippen LogP contribution in [0.25, 0.3) is 0 Å². The van der Waals surface area contributed by atoms with E-state index in [1.165, 1.54) is 29.7 Å². The van der Waals surface area contributed by atoms with Crippen LogP contribution in [0.5, 0.6) is 0 Å². The lowest BCUT2D eigenvalue weighted by molar-refractivity contribution is 0.0511. The Bertz CT molecular complexity index is 399. The largest absolute Gasteiger partial charge is 0.372 e. The van der Waals surface area contributed by atoms with Crippen LogP contribution >= 0.6 is 0 Å². The van der Waals surface area contributed by atoms with Crippen LogP contribution in [-0.2, 0) is 4.74 Å². The molecular formula is C16H26N2O. The lowest BCUT2D eigenvalue weighted by Gasteiger charge is -2.24. The molecule has 1 heterocycles. The first-order valence-electron chi connectivity index (χ1n) is 7.18. The minimum Gasteiger partial charge on any atom is -0.372 e. The van der Waals surface area contributed by atoms with Gasteiger partial charge in [0, 0.05) is 25.8 Å². The molecule has 0 spiro atoms. The number of hydrogen-bond donors (Lipinski definition) is 1. The van der Waals surface area contributed by atoms with Crippen molar-refractivity contribution in [1.29, 1.82) is 0 Å². The monoisotopic (exact) mass is 262 g/mol. The van der Waals surface area contributed by atoms with Gasteiger partial charge in [0.1, 0.15) is 0 Å². The van der Waals surface area contributed by atoms with Gasteiger partial charge in [-0.3, -0.25) is 0 Å². The van der Waals surface area contributed by atoms with Crippen molar-refractivity contribution in [1.82, 2.24) is 5.32 Å². The summed E-state index contributed by atoms with van der Waals surface area (Å²) in [6.45, 7) is 6.24. The number of anilines is 1. The molecule has 1 saturated heterocycles. The van der Waals surface area contributed by atoms with Gasteiger partial charge in [0.2, 0.25) is 0 Å². The summed E-state index contributed by atoms with van der Waals surface area (Å²) in [5.41, 5.74) is 3.93. The van der Waals surface area contributed by atoms with Crippen LogP contribution < -0.4 is 10.2 Å². The molecular weight excluding hydrogens is 236 g/mol. The summed E-state index contributed by atoms with van der Waals surface area (Å²) in [5.74, 6) is 0. The number of benzene rings is 1. The summed E-state index contributed by atoms with van der Waals surface area (Å²) < 4.78 is 6.05. The van der Waals surface area contributed by atoms with Gasteiger partial charge in [-0.15, -0.1) is 0 Å². The molecule has 0 aliphatic carbocycles. The van der Waals surface area contributed by atoms with Gasteiger partial charge < -0.3 is 15.0 Å². The molecule has 0 aromatic heterocycles. The van der Waals surface area contributed by atoms with Crippen molar-refractivity contribution in [2.24, 2.45) is 0 Å². The average molecular weight is 262 g/mol. The second kappa shape index (κ2) is 6.40. The zero-order chi connectivity index (χ0) is 13.8. The highest BCUT2D eigenvalue weighted by molar-refractivity contribution is 5.50. The summed E-state index contributed by atoms with van der Waals surface area (Å²) >= 11 is 0. The van der Waals surface area contributed by atoms with E-state index in [1.54, 1.807) is 0 Å². The Hall–Kier alpha value is -1.06. The van der Waals surface area contributed by atoms with Gasteiger partial charge in [-0.1, -0.05) is 6.07 Å². The van der Waals surface area contributed by atoms with Crippen molar-refractivity contribution in [3.8, 4) is 0 Å². The van der Waals surface area contributed by atoms with Crippen molar-refractivity contribution in [2.45, 2.75) is 38.9 Å². The fraction of sp³-hybridized carbons (Fsp3) is 0.625. The Morgan fingerprint density at radius 1 is 1.16 bits per heavy atom. The second-order valence-electron chi connectivity index (χ2n) is 5.74. The van der Waals surface area contributed by atoms with Gasteiger partial charge in [0.15, 0.2) is 0 Å². The van der Waals surface area contributed by atoms with E-state index in [0.717, 1.165) is 13.1 Å². The van der Waals surface area contributed by atoms with E-state index < -0.39 is 0 Å². The summed E-state index contributed by atoms with van der Waals surface area (Å²) in [7, 11) is 4.14. The maximum Gasteiger partial charge on any atom is 0.0755 e. The molecule has 3 nitrogen and oxygen atoms in total. The van der Waals surface area contributed by atoms with Crippen LogP contribution in [0, 0.1) is 13.8 Å². The lowest BCUT2D eigenvalue weighted by Crippen LogP contribution is -2.31. The Kier molecular flexibility index (Phi) is 4.83. The molecule has 2 rings (SSSR count). The topological polar surface area (TPSA) is 24.5 Å². The highest BCUT2D eigenvalue weighted by atomic mass is 16.5. The molecule has 0 amide bonds. The highest BCUT2D eigenvalue weighted by Crippen LogP contribution is 2.23. The van der Waals surface area contributed by atoms with Gasteiger partial charge in [-0.25, -0.2) is 0 Å². The molecule has 3 heteroatoms. The van der Waals surface area contributed by atoms with Crippen LogP contribution in [0.3, 0.4) is 0 Å². The molecule has 0 bridgehead atoms. The quantitative estimate of drug-likeness (QED) is 0.882. The molecule has 1 aromatic rings. The summed E-state index contributed by atoms with van der Waals surface area (Å²) in [4.78, 5) is 2.31. The zero-order valence-electron chi connectivity index (χ0n) is 12.6. The molecule has 1 aromatic carbocycles.